The fourth-order valence-corrected chi connectivity index (χ4v) is 5.41. The molecule has 3 atom stereocenters. The van der Waals surface area contributed by atoms with Crippen LogP contribution in [0.4, 0.5) is 0 Å². The van der Waals surface area contributed by atoms with Crippen LogP contribution in [0.3, 0.4) is 0 Å². The number of carbonyl (C=O) groups is 1. The minimum atomic E-state index is -0.945. The molecule has 0 heterocycles. The van der Waals surface area contributed by atoms with Gasteiger partial charge in [-0.15, -0.1) is 0 Å². The van der Waals surface area contributed by atoms with Gasteiger partial charge in [0.05, 0.1) is 31.3 Å². The van der Waals surface area contributed by atoms with Crippen LogP contribution in [0.2, 0.25) is 0 Å². The van der Waals surface area contributed by atoms with Gasteiger partial charge in [-0.2, -0.15) is 0 Å². The molecule has 5 heteroatoms. The number of rotatable bonds is 32. The summed E-state index contributed by atoms with van der Waals surface area (Å²) in [4.78, 5) is 12.3. The molecular formula is C37H71NO4. The van der Waals surface area contributed by atoms with Crippen LogP contribution in [0.5, 0.6) is 0 Å². The highest BCUT2D eigenvalue weighted by Crippen LogP contribution is 2.15. The quantitative estimate of drug-likeness (QED) is 0.0462. The lowest BCUT2D eigenvalue weighted by molar-refractivity contribution is -0.124. The normalized spacial score (nSPS) is 14.1. The molecule has 0 rings (SSSR count). The van der Waals surface area contributed by atoms with Crippen molar-refractivity contribution in [1.29, 1.82) is 0 Å². The van der Waals surface area contributed by atoms with E-state index in [9.17, 15) is 20.1 Å². The third-order valence-electron chi connectivity index (χ3n) is 8.24. The van der Waals surface area contributed by atoms with Gasteiger partial charge in [0.15, 0.2) is 0 Å². The van der Waals surface area contributed by atoms with Crippen LogP contribution >= 0.6 is 0 Å². The number of allylic oxidation sites excluding steroid dienone is 3. The molecular weight excluding hydrogens is 522 g/mol. The number of aliphatic hydroxyl groups is 3. The number of unbranched alkanes of at least 4 members (excludes halogenated alkanes) is 21. The van der Waals surface area contributed by atoms with Gasteiger partial charge in [0.1, 0.15) is 0 Å². The molecule has 3 unspecified atom stereocenters. The van der Waals surface area contributed by atoms with Gasteiger partial charge in [0, 0.05) is 0 Å². The lowest BCUT2D eigenvalue weighted by atomic mass is 10.0. The molecule has 5 nitrogen and oxygen atoms in total. The molecule has 0 aliphatic rings. The Morgan fingerprint density at radius 2 is 1.02 bits per heavy atom. The monoisotopic (exact) mass is 594 g/mol. The summed E-state index contributed by atoms with van der Waals surface area (Å²) in [5, 5.41) is 32.9. The van der Waals surface area contributed by atoms with Crippen LogP contribution in [0.15, 0.2) is 24.3 Å². The summed E-state index contributed by atoms with van der Waals surface area (Å²) in [6.07, 6.45) is 37.4. The Morgan fingerprint density at radius 1 is 0.595 bits per heavy atom. The van der Waals surface area contributed by atoms with Crippen LogP contribution in [-0.4, -0.2) is 46.1 Å². The molecule has 0 aliphatic heterocycles. The van der Waals surface area contributed by atoms with Gasteiger partial charge in [-0.1, -0.05) is 167 Å². The third-order valence-corrected chi connectivity index (χ3v) is 8.24. The van der Waals surface area contributed by atoms with Crippen molar-refractivity contribution in [2.45, 2.75) is 199 Å². The fourth-order valence-electron chi connectivity index (χ4n) is 5.41. The summed E-state index contributed by atoms with van der Waals surface area (Å²) in [5.74, 6) is -0.327. The number of carbonyl (C=O) groups excluding carboxylic acids is 1. The Hall–Kier alpha value is -1.17. The van der Waals surface area contributed by atoms with E-state index in [4.69, 9.17) is 0 Å². The van der Waals surface area contributed by atoms with Gasteiger partial charge in [-0.25, -0.2) is 0 Å². The summed E-state index contributed by atoms with van der Waals surface area (Å²) >= 11 is 0. The van der Waals surface area contributed by atoms with Crippen molar-refractivity contribution in [2.75, 3.05) is 6.61 Å². The average Bonchev–Trinajstić information content (AvgIpc) is 2.98. The van der Waals surface area contributed by atoms with Crippen molar-refractivity contribution in [1.82, 2.24) is 5.32 Å². The average molecular weight is 594 g/mol. The molecule has 0 aromatic carbocycles. The highest BCUT2D eigenvalue weighted by atomic mass is 16.3. The SMILES string of the molecule is CCCCCC/C=C/CC/C=C/C(O)C(CO)NC(=O)CC(O)CCCCCCCCCCCCCCCCCCC. The van der Waals surface area contributed by atoms with Gasteiger partial charge in [-0.3, -0.25) is 4.79 Å². The molecule has 1 amide bonds. The van der Waals surface area contributed by atoms with Gasteiger partial charge in [-0.05, 0) is 32.1 Å². The fraction of sp³-hybridized carbons (Fsp3) is 0.865. The first-order valence-electron chi connectivity index (χ1n) is 18.1. The number of nitrogens with one attached hydrogen (secondary N) is 1. The summed E-state index contributed by atoms with van der Waals surface area (Å²) in [5.41, 5.74) is 0. The standard InChI is InChI=1S/C37H71NO4/c1-3-5-7-9-11-13-15-16-17-18-19-20-21-22-24-26-28-30-34(40)32-37(42)38-35(33-39)36(41)31-29-27-25-23-14-12-10-8-6-4-2/h14,23,29,31,34-36,39-41H,3-13,15-22,24-28,30,32-33H2,1-2H3,(H,38,42)/b23-14+,31-29+. The highest BCUT2D eigenvalue weighted by molar-refractivity contribution is 5.76. The number of amides is 1. The molecule has 42 heavy (non-hydrogen) atoms. The topological polar surface area (TPSA) is 89.8 Å². The Balaban J connectivity index is 3.71. The second kappa shape index (κ2) is 32.7. The van der Waals surface area contributed by atoms with E-state index in [-0.39, 0.29) is 18.9 Å². The van der Waals surface area contributed by atoms with E-state index >= 15 is 0 Å². The van der Waals surface area contributed by atoms with E-state index in [1.54, 1.807) is 6.08 Å². The molecule has 0 saturated heterocycles. The second-order valence-corrected chi connectivity index (χ2v) is 12.5. The molecule has 0 aromatic heterocycles. The van der Waals surface area contributed by atoms with Gasteiger partial charge in [0.2, 0.25) is 5.91 Å². The van der Waals surface area contributed by atoms with E-state index in [1.165, 1.54) is 122 Å². The highest BCUT2D eigenvalue weighted by Gasteiger charge is 2.20. The minimum Gasteiger partial charge on any atom is -0.394 e. The van der Waals surface area contributed by atoms with E-state index in [0.717, 1.165) is 32.1 Å². The van der Waals surface area contributed by atoms with Gasteiger partial charge in [0.25, 0.3) is 0 Å². The van der Waals surface area contributed by atoms with Crippen molar-refractivity contribution in [2.24, 2.45) is 0 Å². The van der Waals surface area contributed by atoms with E-state index in [1.807, 2.05) is 6.08 Å². The van der Waals surface area contributed by atoms with E-state index in [2.05, 4.69) is 31.3 Å². The molecule has 0 spiro atoms. The summed E-state index contributed by atoms with van der Waals surface area (Å²) in [6.45, 7) is 4.15. The summed E-state index contributed by atoms with van der Waals surface area (Å²) in [6, 6.07) is -0.754. The Kier molecular flexibility index (Phi) is 31.8. The molecule has 0 saturated carbocycles. The van der Waals surface area contributed by atoms with Crippen molar-refractivity contribution >= 4 is 5.91 Å². The first-order chi connectivity index (χ1) is 20.5. The number of aliphatic hydroxyl groups excluding tert-OH is 3. The van der Waals surface area contributed by atoms with Crippen LogP contribution in [0.25, 0.3) is 0 Å². The lowest BCUT2D eigenvalue weighted by Gasteiger charge is -2.21. The minimum absolute atomic E-state index is 0.00877. The Morgan fingerprint density at radius 3 is 1.52 bits per heavy atom. The molecule has 248 valence electrons. The zero-order chi connectivity index (χ0) is 30.9. The predicted octanol–water partition coefficient (Wildman–Crippen LogP) is 9.48. The van der Waals surface area contributed by atoms with E-state index in [0.29, 0.717) is 6.42 Å². The molecule has 0 aliphatic carbocycles. The van der Waals surface area contributed by atoms with Crippen molar-refractivity contribution in [3.63, 3.8) is 0 Å². The summed E-state index contributed by atoms with van der Waals surface area (Å²) < 4.78 is 0. The molecule has 0 bridgehead atoms. The molecule has 0 aromatic rings. The van der Waals surface area contributed by atoms with Gasteiger partial charge >= 0.3 is 0 Å². The van der Waals surface area contributed by atoms with Crippen molar-refractivity contribution in [3.8, 4) is 0 Å². The first-order valence-corrected chi connectivity index (χ1v) is 18.1. The Labute approximate surface area is 261 Å². The Bertz CT molecular complexity index is 621. The molecule has 0 radical (unpaired) electrons. The maximum absolute atomic E-state index is 12.3. The largest absolute Gasteiger partial charge is 0.394 e. The summed E-state index contributed by atoms with van der Waals surface area (Å²) in [7, 11) is 0. The lowest BCUT2D eigenvalue weighted by Crippen LogP contribution is -2.45. The first kappa shape index (κ1) is 40.8. The van der Waals surface area contributed by atoms with Crippen molar-refractivity contribution < 1.29 is 20.1 Å². The second-order valence-electron chi connectivity index (χ2n) is 12.5. The predicted molar refractivity (Wildman–Crippen MR) is 181 cm³/mol. The van der Waals surface area contributed by atoms with Crippen molar-refractivity contribution in [3.05, 3.63) is 24.3 Å². The zero-order valence-electron chi connectivity index (χ0n) is 27.9. The van der Waals surface area contributed by atoms with Gasteiger partial charge < -0.3 is 20.6 Å². The smallest absolute Gasteiger partial charge is 0.222 e. The van der Waals surface area contributed by atoms with E-state index < -0.39 is 18.2 Å². The number of hydrogen-bond donors (Lipinski definition) is 4. The zero-order valence-corrected chi connectivity index (χ0v) is 27.9. The van der Waals surface area contributed by atoms with Crippen LogP contribution in [0, 0.1) is 0 Å². The maximum atomic E-state index is 12.3. The number of hydrogen-bond acceptors (Lipinski definition) is 4. The van der Waals surface area contributed by atoms with Crippen LogP contribution in [-0.2, 0) is 4.79 Å². The molecule has 4 N–H and O–H groups in total. The van der Waals surface area contributed by atoms with Crippen LogP contribution < -0.4 is 5.32 Å². The molecule has 0 fully saturated rings. The van der Waals surface area contributed by atoms with Crippen LogP contribution in [0.1, 0.15) is 181 Å². The third kappa shape index (κ3) is 28.9. The maximum Gasteiger partial charge on any atom is 0.222 e.